The second-order valence-electron chi connectivity index (χ2n) is 3.93. The summed E-state index contributed by atoms with van der Waals surface area (Å²) in [6, 6.07) is 0. The Kier molecular flexibility index (Phi) is 4.51. The zero-order chi connectivity index (χ0) is 13.0. The van der Waals surface area contributed by atoms with Gasteiger partial charge >= 0.3 is 0 Å². The van der Waals surface area contributed by atoms with Gasteiger partial charge in [0.25, 0.3) is 5.91 Å². The van der Waals surface area contributed by atoms with Crippen LogP contribution in [0, 0.1) is 6.92 Å². The van der Waals surface area contributed by atoms with Gasteiger partial charge in [0.2, 0.25) is 0 Å². The fraction of sp³-hybridized carbons (Fsp3) is 0.636. The van der Waals surface area contributed by atoms with Crippen molar-refractivity contribution < 1.29 is 9.90 Å². The molecule has 0 fully saturated rings. The Bertz CT molecular complexity index is 400. The van der Waals surface area contributed by atoms with Crippen molar-refractivity contribution in [3.8, 4) is 0 Å². The van der Waals surface area contributed by atoms with Gasteiger partial charge in [0, 0.05) is 26.7 Å². The van der Waals surface area contributed by atoms with Crippen LogP contribution < -0.4 is 5.73 Å². The van der Waals surface area contributed by atoms with Crippen LogP contribution in [0.1, 0.15) is 29.5 Å². The first-order valence-electron chi connectivity index (χ1n) is 5.72. The molecule has 1 aromatic rings. The first-order valence-corrected chi connectivity index (χ1v) is 5.72. The fourth-order valence-corrected chi connectivity index (χ4v) is 1.74. The summed E-state index contributed by atoms with van der Waals surface area (Å²) in [7, 11) is 1.70. The van der Waals surface area contributed by atoms with E-state index in [0.29, 0.717) is 36.6 Å². The van der Waals surface area contributed by atoms with Crippen LogP contribution in [-0.2, 0) is 7.05 Å². The lowest BCUT2D eigenvalue weighted by atomic mass is 10.2. The predicted molar refractivity (Wildman–Crippen MR) is 65.6 cm³/mol. The van der Waals surface area contributed by atoms with Crippen LogP contribution in [0.15, 0.2) is 0 Å². The number of nitrogen functional groups attached to an aromatic ring is 1. The van der Waals surface area contributed by atoms with Crippen LogP contribution in [0.25, 0.3) is 0 Å². The number of nitrogens with zero attached hydrogens (tertiary/aromatic N) is 3. The maximum Gasteiger partial charge on any atom is 0.274 e. The summed E-state index contributed by atoms with van der Waals surface area (Å²) in [6.07, 6.45) is 0.566. The number of aromatic nitrogens is 2. The average molecular weight is 240 g/mol. The van der Waals surface area contributed by atoms with Crippen LogP contribution in [0.4, 0.5) is 5.69 Å². The largest absolute Gasteiger partial charge is 0.396 e. The van der Waals surface area contributed by atoms with E-state index in [1.165, 1.54) is 4.68 Å². The molecule has 17 heavy (non-hydrogen) atoms. The van der Waals surface area contributed by atoms with Crippen LogP contribution in [-0.4, -0.2) is 45.4 Å². The summed E-state index contributed by atoms with van der Waals surface area (Å²) < 4.78 is 1.51. The molecule has 0 aliphatic carbocycles. The zero-order valence-electron chi connectivity index (χ0n) is 10.6. The smallest absolute Gasteiger partial charge is 0.274 e. The van der Waals surface area contributed by atoms with Crippen molar-refractivity contribution in [2.75, 3.05) is 25.4 Å². The third-order valence-corrected chi connectivity index (χ3v) is 2.73. The van der Waals surface area contributed by atoms with Gasteiger partial charge in [-0.1, -0.05) is 0 Å². The number of amides is 1. The second-order valence-corrected chi connectivity index (χ2v) is 3.93. The van der Waals surface area contributed by atoms with Crippen molar-refractivity contribution in [2.24, 2.45) is 7.05 Å². The van der Waals surface area contributed by atoms with Crippen molar-refractivity contribution >= 4 is 11.6 Å². The Morgan fingerprint density at radius 1 is 1.59 bits per heavy atom. The van der Waals surface area contributed by atoms with E-state index in [-0.39, 0.29) is 12.5 Å². The minimum absolute atomic E-state index is 0.0731. The van der Waals surface area contributed by atoms with E-state index >= 15 is 0 Å². The van der Waals surface area contributed by atoms with E-state index in [0.717, 1.165) is 0 Å². The molecule has 0 saturated carbocycles. The van der Waals surface area contributed by atoms with Crippen LogP contribution in [0.3, 0.4) is 0 Å². The lowest BCUT2D eigenvalue weighted by Gasteiger charge is -2.20. The number of hydrogen-bond acceptors (Lipinski definition) is 4. The Hall–Kier alpha value is -1.56. The highest BCUT2D eigenvalue weighted by Gasteiger charge is 2.22. The molecule has 6 heteroatoms. The van der Waals surface area contributed by atoms with Crippen molar-refractivity contribution in [1.29, 1.82) is 0 Å². The summed E-state index contributed by atoms with van der Waals surface area (Å²) in [6.45, 7) is 4.85. The molecule has 0 aliphatic rings. The van der Waals surface area contributed by atoms with Gasteiger partial charge in [-0.2, -0.15) is 5.10 Å². The van der Waals surface area contributed by atoms with E-state index in [1.54, 1.807) is 18.9 Å². The highest BCUT2D eigenvalue weighted by atomic mass is 16.3. The molecule has 6 nitrogen and oxygen atoms in total. The standard InChI is InChI=1S/C11H20N4O2/c1-4-15(6-5-7-16)11(17)10-9(12)8(2)13-14(10)3/h16H,4-7,12H2,1-3H3. The molecule has 3 N–H and O–H groups in total. The number of aliphatic hydroxyl groups excluding tert-OH is 1. The van der Waals surface area contributed by atoms with E-state index in [9.17, 15) is 4.79 Å². The van der Waals surface area contributed by atoms with Crippen LogP contribution >= 0.6 is 0 Å². The number of rotatable bonds is 5. The summed E-state index contributed by atoms with van der Waals surface area (Å²) >= 11 is 0. The van der Waals surface area contributed by atoms with E-state index in [2.05, 4.69) is 5.10 Å². The lowest BCUT2D eigenvalue weighted by Crippen LogP contribution is -2.34. The van der Waals surface area contributed by atoms with Gasteiger partial charge in [-0.15, -0.1) is 0 Å². The van der Waals surface area contributed by atoms with Gasteiger partial charge in [-0.3, -0.25) is 9.48 Å². The number of aryl methyl sites for hydroxylation is 2. The third kappa shape index (κ3) is 2.76. The minimum atomic E-state index is -0.137. The molecule has 0 unspecified atom stereocenters. The molecule has 0 atom stereocenters. The van der Waals surface area contributed by atoms with Crippen molar-refractivity contribution in [3.63, 3.8) is 0 Å². The number of hydrogen-bond donors (Lipinski definition) is 2. The topological polar surface area (TPSA) is 84.4 Å². The van der Waals surface area contributed by atoms with Gasteiger partial charge in [0.1, 0.15) is 5.69 Å². The Balaban J connectivity index is 2.93. The molecule has 1 heterocycles. The number of carbonyl (C=O) groups is 1. The van der Waals surface area contributed by atoms with Crippen LogP contribution in [0.5, 0.6) is 0 Å². The molecular formula is C11H20N4O2. The molecule has 0 saturated heterocycles. The third-order valence-electron chi connectivity index (χ3n) is 2.73. The molecule has 0 aromatic carbocycles. The van der Waals surface area contributed by atoms with E-state index in [4.69, 9.17) is 10.8 Å². The van der Waals surface area contributed by atoms with Crippen molar-refractivity contribution in [3.05, 3.63) is 11.4 Å². The molecule has 96 valence electrons. The monoisotopic (exact) mass is 240 g/mol. The number of aliphatic hydroxyl groups is 1. The normalized spacial score (nSPS) is 10.6. The summed E-state index contributed by atoms with van der Waals surface area (Å²) in [4.78, 5) is 13.9. The zero-order valence-corrected chi connectivity index (χ0v) is 10.6. The Morgan fingerprint density at radius 2 is 2.24 bits per heavy atom. The van der Waals surface area contributed by atoms with E-state index < -0.39 is 0 Å². The molecule has 1 rings (SSSR count). The molecule has 0 spiro atoms. The highest BCUT2D eigenvalue weighted by Crippen LogP contribution is 2.17. The van der Waals surface area contributed by atoms with Crippen molar-refractivity contribution in [1.82, 2.24) is 14.7 Å². The fourth-order valence-electron chi connectivity index (χ4n) is 1.74. The first kappa shape index (κ1) is 13.5. The predicted octanol–water partition coefficient (Wildman–Crippen LogP) is 0.155. The SMILES string of the molecule is CCN(CCCO)C(=O)c1c(N)c(C)nn1C. The number of anilines is 1. The maximum atomic E-state index is 12.2. The molecule has 0 aliphatic heterocycles. The number of nitrogens with two attached hydrogens (primary N) is 1. The lowest BCUT2D eigenvalue weighted by molar-refractivity contribution is 0.0744. The average Bonchev–Trinajstić information content (AvgIpc) is 2.54. The summed E-state index contributed by atoms with van der Waals surface area (Å²) in [5.74, 6) is -0.137. The molecule has 0 radical (unpaired) electrons. The quantitative estimate of drug-likeness (QED) is 0.767. The Morgan fingerprint density at radius 3 is 2.65 bits per heavy atom. The number of carbonyl (C=O) groups excluding carboxylic acids is 1. The van der Waals surface area contributed by atoms with Gasteiger partial charge in [-0.05, 0) is 20.3 Å². The van der Waals surface area contributed by atoms with Crippen molar-refractivity contribution in [2.45, 2.75) is 20.3 Å². The molecular weight excluding hydrogens is 220 g/mol. The summed E-state index contributed by atoms with van der Waals surface area (Å²) in [5.41, 5.74) is 7.36. The van der Waals surface area contributed by atoms with E-state index in [1.807, 2.05) is 6.92 Å². The van der Waals surface area contributed by atoms with Crippen LogP contribution in [0.2, 0.25) is 0 Å². The molecule has 1 aromatic heterocycles. The van der Waals surface area contributed by atoms with Gasteiger partial charge in [0.05, 0.1) is 11.4 Å². The summed E-state index contributed by atoms with van der Waals surface area (Å²) in [5, 5.41) is 12.9. The van der Waals surface area contributed by atoms with Gasteiger partial charge in [-0.25, -0.2) is 0 Å². The molecule has 1 amide bonds. The second kappa shape index (κ2) is 5.67. The van der Waals surface area contributed by atoms with Gasteiger partial charge < -0.3 is 15.7 Å². The Labute approximate surface area is 101 Å². The van der Waals surface area contributed by atoms with Gasteiger partial charge in [0.15, 0.2) is 0 Å². The minimum Gasteiger partial charge on any atom is -0.396 e. The molecule has 0 bridgehead atoms. The highest BCUT2D eigenvalue weighted by molar-refractivity contribution is 5.97. The maximum absolute atomic E-state index is 12.2. The first-order chi connectivity index (χ1) is 8.02.